The van der Waals surface area contributed by atoms with Gasteiger partial charge in [0.25, 0.3) is 0 Å². The third-order valence-electron chi connectivity index (χ3n) is 1.63. The summed E-state index contributed by atoms with van der Waals surface area (Å²) in [6, 6.07) is 7.94. The predicted octanol–water partition coefficient (Wildman–Crippen LogP) is 4.04. The standard InChI is InChI=1S/C10H6BrClN2S/c11-7-3-1-2-4-8(7)15-10-6-13-5-9(12)14-10/h1-6H. The van der Waals surface area contributed by atoms with Gasteiger partial charge in [-0.05, 0) is 28.1 Å². The largest absolute Gasteiger partial charge is 0.259 e. The Kier molecular flexibility index (Phi) is 3.61. The molecule has 0 saturated carbocycles. The lowest BCUT2D eigenvalue weighted by molar-refractivity contribution is 1.05. The lowest BCUT2D eigenvalue weighted by Gasteiger charge is -2.02. The molecule has 5 heteroatoms. The Balaban J connectivity index is 2.26. The van der Waals surface area contributed by atoms with E-state index in [1.807, 2.05) is 24.3 Å². The highest BCUT2D eigenvalue weighted by molar-refractivity contribution is 9.10. The van der Waals surface area contributed by atoms with Crippen molar-refractivity contribution >= 4 is 39.3 Å². The van der Waals surface area contributed by atoms with E-state index in [4.69, 9.17) is 11.6 Å². The highest BCUT2D eigenvalue weighted by Gasteiger charge is 2.03. The van der Waals surface area contributed by atoms with Crippen LogP contribution in [-0.4, -0.2) is 9.97 Å². The Morgan fingerprint density at radius 1 is 1.20 bits per heavy atom. The lowest BCUT2D eigenvalue weighted by Crippen LogP contribution is -1.83. The summed E-state index contributed by atoms with van der Waals surface area (Å²) in [5, 5.41) is 1.20. The smallest absolute Gasteiger partial charge is 0.148 e. The van der Waals surface area contributed by atoms with Gasteiger partial charge in [0.1, 0.15) is 10.2 Å². The molecule has 0 bridgehead atoms. The molecule has 0 aliphatic carbocycles. The molecule has 15 heavy (non-hydrogen) atoms. The van der Waals surface area contributed by atoms with Crippen molar-refractivity contribution in [1.82, 2.24) is 9.97 Å². The first kappa shape index (κ1) is 10.9. The molecule has 0 saturated heterocycles. The van der Waals surface area contributed by atoms with Crippen LogP contribution in [0, 0.1) is 0 Å². The molecule has 0 unspecified atom stereocenters. The molecule has 0 fully saturated rings. The van der Waals surface area contributed by atoms with Crippen LogP contribution in [0.1, 0.15) is 0 Å². The van der Waals surface area contributed by atoms with Gasteiger partial charge in [0.15, 0.2) is 0 Å². The average molecular weight is 302 g/mol. The average Bonchev–Trinajstić information content (AvgIpc) is 2.22. The third kappa shape index (κ3) is 2.93. The summed E-state index contributed by atoms with van der Waals surface area (Å²) in [6.45, 7) is 0. The molecule has 0 aliphatic heterocycles. The van der Waals surface area contributed by atoms with Gasteiger partial charge >= 0.3 is 0 Å². The normalized spacial score (nSPS) is 10.3. The fourth-order valence-corrected chi connectivity index (χ4v) is 2.53. The highest BCUT2D eigenvalue weighted by atomic mass is 79.9. The summed E-state index contributed by atoms with van der Waals surface area (Å²) >= 11 is 10.7. The Hall–Kier alpha value is -0.580. The number of hydrogen-bond acceptors (Lipinski definition) is 3. The zero-order chi connectivity index (χ0) is 10.7. The van der Waals surface area contributed by atoms with Gasteiger partial charge in [-0.2, -0.15) is 0 Å². The van der Waals surface area contributed by atoms with Crippen LogP contribution < -0.4 is 0 Å². The summed E-state index contributed by atoms with van der Waals surface area (Å²) < 4.78 is 1.04. The molecule has 0 aliphatic rings. The molecule has 0 N–H and O–H groups in total. The fraction of sp³-hybridized carbons (Fsp3) is 0. The molecule has 2 nitrogen and oxygen atoms in total. The molecule has 1 aromatic heterocycles. The number of benzene rings is 1. The van der Waals surface area contributed by atoms with E-state index in [-0.39, 0.29) is 0 Å². The minimum Gasteiger partial charge on any atom is -0.259 e. The number of aromatic nitrogens is 2. The predicted molar refractivity (Wildman–Crippen MR) is 65.3 cm³/mol. The maximum atomic E-state index is 5.75. The van der Waals surface area contributed by atoms with Crippen molar-refractivity contribution in [2.24, 2.45) is 0 Å². The number of rotatable bonds is 2. The number of halogens is 2. The summed E-state index contributed by atoms with van der Waals surface area (Å²) in [5.41, 5.74) is 0. The molecule has 0 atom stereocenters. The second kappa shape index (κ2) is 4.96. The molecule has 0 spiro atoms. The zero-order valence-electron chi connectivity index (χ0n) is 7.52. The fourth-order valence-electron chi connectivity index (χ4n) is 1.01. The molecule has 1 heterocycles. The van der Waals surface area contributed by atoms with Crippen LogP contribution in [0.25, 0.3) is 0 Å². The zero-order valence-corrected chi connectivity index (χ0v) is 10.7. The molecular formula is C10H6BrClN2S. The van der Waals surface area contributed by atoms with E-state index in [1.54, 1.807) is 6.20 Å². The van der Waals surface area contributed by atoms with Gasteiger partial charge in [-0.3, -0.25) is 4.98 Å². The van der Waals surface area contributed by atoms with E-state index in [1.165, 1.54) is 18.0 Å². The van der Waals surface area contributed by atoms with E-state index in [9.17, 15) is 0 Å². The first-order chi connectivity index (χ1) is 7.25. The highest BCUT2D eigenvalue weighted by Crippen LogP contribution is 2.31. The Bertz CT molecular complexity index is 478. The number of hydrogen-bond donors (Lipinski definition) is 0. The Morgan fingerprint density at radius 2 is 2.00 bits per heavy atom. The van der Waals surface area contributed by atoms with E-state index in [0.717, 1.165) is 14.4 Å². The Labute approximate surface area is 105 Å². The molecule has 76 valence electrons. The first-order valence-corrected chi connectivity index (χ1v) is 6.14. The van der Waals surface area contributed by atoms with Gasteiger partial charge in [0.2, 0.25) is 0 Å². The van der Waals surface area contributed by atoms with Gasteiger partial charge in [-0.1, -0.05) is 35.5 Å². The maximum Gasteiger partial charge on any atom is 0.148 e. The van der Waals surface area contributed by atoms with Crippen molar-refractivity contribution in [2.75, 3.05) is 0 Å². The quantitative estimate of drug-likeness (QED) is 0.837. The molecule has 2 rings (SSSR count). The van der Waals surface area contributed by atoms with Gasteiger partial charge in [-0.15, -0.1) is 0 Å². The number of nitrogens with zero attached hydrogens (tertiary/aromatic N) is 2. The van der Waals surface area contributed by atoms with Crippen LogP contribution in [0.5, 0.6) is 0 Å². The topological polar surface area (TPSA) is 25.8 Å². The van der Waals surface area contributed by atoms with Crippen molar-refractivity contribution in [3.63, 3.8) is 0 Å². The van der Waals surface area contributed by atoms with Crippen molar-refractivity contribution in [3.05, 3.63) is 46.3 Å². The van der Waals surface area contributed by atoms with Crippen LogP contribution in [0.2, 0.25) is 5.15 Å². The SMILES string of the molecule is Clc1cncc(Sc2ccccc2Br)n1. The summed E-state index contributed by atoms with van der Waals surface area (Å²) in [6.07, 6.45) is 3.21. The molecular weight excluding hydrogens is 296 g/mol. The molecule has 1 aromatic carbocycles. The summed E-state index contributed by atoms with van der Waals surface area (Å²) in [7, 11) is 0. The van der Waals surface area contributed by atoms with Crippen molar-refractivity contribution in [2.45, 2.75) is 9.92 Å². The summed E-state index contributed by atoms with van der Waals surface area (Å²) in [5.74, 6) is 0. The van der Waals surface area contributed by atoms with Crippen molar-refractivity contribution in [1.29, 1.82) is 0 Å². The first-order valence-electron chi connectivity index (χ1n) is 4.15. The lowest BCUT2D eigenvalue weighted by atomic mass is 10.4. The second-order valence-electron chi connectivity index (χ2n) is 2.71. The van der Waals surface area contributed by atoms with Crippen molar-refractivity contribution in [3.8, 4) is 0 Å². The minimum absolute atomic E-state index is 0.409. The molecule has 0 radical (unpaired) electrons. The molecule has 2 aromatic rings. The summed E-state index contributed by atoms with van der Waals surface area (Å²) in [4.78, 5) is 9.23. The van der Waals surface area contributed by atoms with Crippen LogP contribution >= 0.6 is 39.3 Å². The minimum atomic E-state index is 0.409. The van der Waals surface area contributed by atoms with Crippen LogP contribution in [0.15, 0.2) is 51.1 Å². The van der Waals surface area contributed by atoms with E-state index in [0.29, 0.717) is 5.15 Å². The van der Waals surface area contributed by atoms with Gasteiger partial charge in [-0.25, -0.2) is 4.98 Å². The van der Waals surface area contributed by atoms with Crippen LogP contribution in [0.3, 0.4) is 0 Å². The third-order valence-corrected chi connectivity index (χ3v) is 3.75. The van der Waals surface area contributed by atoms with E-state index in [2.05, 4.69) is 25.9 Å². The van der Waals surface area contributed by atoms with Crippen molar-refractivity contribution < 1.29 is 0 Å². The Morgan fingerprint density at radius 3 is 2.73 bits per heavy atom. The van der Waals surface area contributed by atoms with Gasteiger partial charge < -0.3 is 0 Å². The van der Waals surface area contributed by atoms with Gasteiger partial charge in [0.05, 0.1) is 12.4 Å². The second-order valence-corrected chi connectivity index (χ2v) is 5.02. The van der Waals surface area contributed by atoms with E-state index < -0.39 is 0 Å². The van der Waals surface area contributed by atoms with Gasteiger partial charge in [0, 0.05) is 9.37 Å². The molecule has 0 amide bonds. The van der Waals surface area contributed by atoms with Crippen LogP contribution in [0.4, 0.5) is 0 Å². The monoisotopic (exact) mass is 300 g/mol. The van der Waals surface area contributed by atoms with E-state index >= 15 is 0 Å². The maximum absolute atomic E-state index is 5.75. The van der Waals surface area contributed by atoms with Crippen LogP contribution in [-0.2, 0) is 0 Å².